The molecule has 8 nitrogen and oxygen atoms in total. The van der Waals surface area contributed by atoms with Crippen LogP contribution in [0.3, 0.4) is 0 Å². The molecule has 140 valence electrons. The quantitative estimate of drug-likeness (QED) is 0.652. The van der Waals surface area contributed by atoms with Gasteiger partial charge in [-0.2, -0.15) is 4.98 Å². The lowest BCUT2D eigenvalue weighted by Gasteiger charge is -2.14. The predicted molar refractivity (Wildman–Crippen MR) is 98.6 cm³/mol. The molecule has 2 aromatic carbocycles. The Balaban J connectivity index is 1.95. The molecule has 0 radical (unpaired) electrons. The van der Waals surface area contributed by atoms with Crippen LogP contribution in [0.4, 0.5) is 6.01 Å². The van der Waals surface area contributed by atoms with E-state index in [1.165, 1.54) is 26.4 Å². The number of hydrogen-bond donors (Lipinski definition) is 2. The molecule has 3 aromatic rings. The van der Waals surface area contributed by atoms with Gasteiger partial charge in [-0.3, -0.25) is 0 Å². The molecule has 0 aliphatic heterocycles. The zero-order valence-corrected chi connectivity index (χ0v) is 14.8. The van der Waals surface area contributed by atoms with E-state index >= 15 is 0 Å². The summed E-state index contributed by atoms with van der Waals surface area (Å²) in [6, 6.07) is 10.9. The minimum absolute atomic E-state index is 0.178. The third kappa shape index (κ3) is 4.00. The molecule has 0 spiro atoms. The maximum atomic E-state index is 12.3. The first-order valence-electron chi connectivity index (χ1n) is 8.12. The summed E-state index contributed by atoms with van der Waals surface area (Å²) in [6.45, 7) is 0. The first kappa shape index (κ1) is 18.2. The average molecular weight is 370 g/mol. The number of fused-ring (bicyclic) bond motifs is 1. The molecule has 0 aliphatic rings. The van der Waals surface area contributed by atoms with Crippen LogP contribution in [0.1, 0.15) is 5.56 Å². The van der Waals surface area contributed by atoms with Gasteiger partial charge in [0, 0.05) is 18.6 Å². The number of carbonyl (C=O) groups is 1. The van der Waals surface area contributed by atoms with Crippen molar-refractivity contribution >= 4 is 22.9 Å². The second-order valence-electron chi connectivity index (χ2n) is 5.76. The fourth-order valence-corrected chi connectivity index (χ4v) is 2.66. The third-order valence-corrected chi connectivity index (χ3v) is 4.01. The lowest BCUT2D eigenvalue weighted by molar-refractivity contribution is -0.137. The van der Waals surface area contributed by atoms with Gasteiger partial charge in [-0.15, -0.1) is 0 Å². The number of ether oxygens (including phenoxy) is 2. The van der Waals surface area contributed by atoms with Crippen LogP contribution in [0.25, 0.3) is 10.9 Å². The number of nitrogens with one attached hydrogen (secondary N) is 1. The molecule has 0 unspecified atom stereocenters. The third-order valence-electron chi connectivity index (χ3n) is 4.01. The van der Waals surface area contributed by atoms with E-state index in [0.29, 0.717) is 17.0 Å². The highest BCUT2D eigenvalue weighted by atomic mass is 16.5. The fourth-order valence-electron chi connectivity index (χ4n) is 2.66. The van der Waals surface area contributed by atoms with Crippen LogP contribution in [0.15, 0.2) is 51.7 Å². The lowest BCUT2D eigenvalue weighted by Crippen LogP contribution is -2.32. The number of carboxylic acid groups (broad SMARTS) is 1. The van der Waals surface area contributed by atoms with Crippen LogP contribution in [0, 0.1) is 0 Å². The number of methoxy groups -OCH3 is 2. The Morgan fingerprint density at radius 3 is 2.48 bits per heavy atom. The molecule has 0 aliphatic carbocycles. The van der Waals surface area contributed by atoms with Crippen molar-refractivity contribution < 1.29 is 23.8 Å². The van der Waals surface area contributed by atoms with Crippen molar-refractivity contribution in [1.82, 2.24) is 4.98 Å². The Kier molecular flexibility index (Phi) is 5.25. The van der Waals surface area contributed by atoms with Gasteiger partial charge in [0.2, 0.25) is 0 Å². The Bertz CT molecular complexity index is 1020. The summed E-state index contributed by atoms with van der Waals surface area (Å²) in [5.41, 5.74) is 0.467. The van der Waals surface area contributed by atoms with Gasteiger partial charge in [0.25, 0.3) is 6.01 Å². The monoisotopic (exact) mass is 370 g/mol. The van der Waals surface area contributed by atoms with E-state index < -0.39 is 17.6 Å². The lowest BCUT2D eigenvalue weighted by atomic mass is 10.1. The zero-order chi connectivity index (χ0) is 19.4. The topological polar surface area (TPSA) is 111 Å². The van der Waals surface area contributed by atoms with Crippen LogP contribution in [0.2, 0.25) is 0 Å². The molecule has 3 rings (SSSR count). The average Bonchev–Trinajstić information content (AvgIpc) is 2.67. The van der Waals surface area contributed by atoms with Crippen molar-refractivity contribution in [2.75, 3.05) is 19.5 Å². The number of anilines is 1. The summed E-state index contributed by atoms with van der Waals surface area (Å²) < 4.78 is 15.5. The van der Waals surface area contributed by atoms with Gasteiger partial charge >= 0.3 is 11.6 Å². The van der Waals surface area contributed by atoms with Crippen molar-refractivity contribution in [3.05, 3.63) is 58.4 Å². The highest BCUT2D eigenvalue weighted by Crippen LogP contribution is 2.30. The molecule has 1 heterocycles. The van der Waals surface area contributed by atoms with E-state index in [4.69, 9.17) is 13.9 Å². The molecule has 0 saturated heterocycles. The summed E-state index contributed by atoms with van der Waals surface area (Å²) in [6.07, 6.45) is 0.200. The van der Waals surface area contributed by atoms with Gasteiger partial charge in [-0.05, 0) is 5.56 Å². The van der Waals surface area contributed by atoms with Gasteiger partial charge in [-0.25, -0.2) is 9.59 Å². The van der Waals surface area contributed by atoms with E-state index in [9.17, 15) is 14.7 Å². The Hall–Kier alpha value is -3.55. The number of hydrogen-bond acceptors (Lipinski definition) is 7. The van der Waals surface area contributed by atoms with E-state index in [1.54, 1.807) is 0 Å². The van der Waals surface area contributed by atoms with E-state index in [0.717, 1.165) is 5.56 Å². The predicted octanol–water partition coefficient (Wildman–Crippen LogP) is 2.31. The smallest absolute Gasteiger partial charge is 0.348 e. The summed E-state index contributed by atoms with van der Waals surface area (Å²) in [4.78, 5) is 28.1. The maximum absolute atomic E-state index is 12.3. The minimum atomic E-state index is -1.09. The highest BCUT2D eigenvalue weighted by Gasteiger charge is 2.21. The first-order valence-corrected chi connectivity index (χ1v) is 8.12. The number of rotatable bonds is 7. The maximum Gasteiger partial charge on any atom is 0.348 e. The molecule has 0 fully saturated rings. The van der Waals surface area contributed by atoms with Crippen LogP contribution >= 0.6 is 0 Å². The summed E-state index contributed by atoms with van der Waals surface area (Å²) in [7, 11) is 2.92. The molecular weight excluding hydrogens is 352 g/mol. The Morgan fingerprint density at radius 2 is 1.85 bits per heavy atom. The summed E-state index contributed by atoms with van der Waals surface area (Å²) >= 11 is 0. The number of aliphatic carboxylic acids is 1. The first-order chi connectivity index (χ1) is 13.0. The molecular formula is C19H18N2O6. The zero-order valence-electron chi connectivity index (χ0n) is 14.8. The molecule has 2 N–H and O–H groups in total. The van der Waals surface area contributed by atoms with E-state index in [2.05, 4.69) is 10.3 Å². The van der Waals surface area contributed by atoms with Crippen LogP contribution in [-0.2, 0) is 11.2 Å². The summed E-state index contributed by atoms with van der Waals surface area (Å²) in [5, 5.41) is 12.4. The standard InChI is InChI=1S/C19H18N2O6/c1-25-15-9-12-13(10-16(15)26-2)20-19(27-18(12)24)21-14(17(22)23)8-11-6-4-3-5-7-11/h3-7,9-10,14H,8H2,1-2H3,(H,20,21)(H,22,23)/t14-/m0/s1. The fraction of sp³-hybridized carbons (Fsp3) is 0.211. The largest absolute Gasteiger partial charge is 0.493 e. The highest BCUT2D eigenvalue weighted by molar-refractivity contribution is 5.82. The SMILES string of the molecule is COc1cc2nc(N[C@@H](Cc3ccccc3)C(=O)O)oc(=O)c2cc1OC. The summed E-state index contributed by atoms with van der Waals surface area (Å²) in [5.74, 6) is -0.323. The molecule has 8 heteroatoms. The number of aromatic nitrogens is 1. The van der Waals surface area contributed by atoms with Gasteiger partial charge in [0.05, 0.1) is 25.1 Å². The second-order valence-corrected chi connectivity index (χ2v) is 5.76. The van der Waals surface area contributed by atoms with Crippen molar-refractivity contribution in [3.63, 3.8) is 0 Å². The van der Waals surface area contributed by atoms with Crippen molar-refractivity contribution in [2.24, 2.45) is 0 Å². The van der Waals surface area contributed by atoms with Crippen LogP contribution in [0.5, 0.6) is 11.5 Å². The van der Waals surface area contributed by atoms with Gasteiger partial charge < -0.3 is 24.3 Å². The Morgan fingerprint density at radius 1 is 1.19 bits per heavy atom. The molecule has 0 bridgehead atoms. The molecule has 0 amide bonds. The Labute approximate surface area is 154 Å². The number of benzene rings is 2. The number of nitrogens with zero attached hydrogens (tertiary/aromatic N) is 1. The van der Waals surface area contributed by atoms with Crippen molar-refractivity contribution in [3.8, 4) is 11.5 Å². The molecule has 27 heavy (non-hydrogen) atoms. The van der Waals surface area contributed by atoms with Crippen LogP contribution < -0.4 is 20.4 Å². The number of carboxylic acids is 1. The van der Waals surface area contributed by atoms with E-state index in [1.807, 2.05) is 30.3 Å². The van der Waals surface area contributed by atoms with Gasteiger partial charge in [0.1, 0.15) is 6.04 Å². The molecule has 0 saturated carbocycles. The minimum Gasteiger partial charge on any atom is -0.493 e. The van der Waals surface area contributed by atoms with Crippen molar-refractivity contribution in [2.45, 2.75) is 12.5 Å². The van der Waals surface area contributed by atoms with E-state index in [-0.39, 0.29) is 17.8 Å². The van der Waals surface area contributed by atoms with Crippen LogP contribution in [-0.4, -0.2) is 36.3 Å². The van der Waals surface area contributed by atoms with Gasteiger partial charge in [-0.1, -0.05) is 30.3 Å². The normalized spacial score (nSPS) is 11.8. The van der Waals surface area contributed by atoms with Crippen molar-refractivity contribution in [1.29, 1.82) is 0 Å². The molecule has 1 aromatic heterocycles. The molecule has 1 atom stereocenters. The van der Waals surface area contributed by atoms with Gasteiger partial charge in [0.15, 0.2) is 11.5 Å². The second kappa shape index (κ2) is 7.77.